The molecule has 0 heterocycles. The Labute approximate surface area is 90.4 Å². The van der Waals surface area contributed by atoms with Crippen LogP contribution in [-0.2, 0) is 6.42 Å². The van der Waals surface area contributed by atoms with Gasteiger partial charge >= 0.3 is 0 Å². The summed E-state index contributed by atoms with van der Waals surface area (Å²) in [5.74, 6) is 0.753. The zero-order valence-electron chi connectivity index (χ0n) is 9.46. The van der Waals surface area contributed by atoms with Crippen molar-refractivity contribution in [2.75, 3.05) is 14.2 Å². The lowest BCUT2D eigenvalue weighted by atomic mass is 10.0. The molecule has 0 spiro atoms. The molecule has 0 bridgehead atoms. The molecule has 1 aromatic rings. The van der Waals surface area contributed by atoms with E-state index in [1.807, 2.05) is 31.2 Å². The van der Waals surface area contributed by atoms with Crippen molar-refractivity contribution >= 4 is 0 Å². The van der Waals surface area contributed by atoms with Gasteiger partial charge in [-0.25, -0.2) is 4.39 Å². The molecule has 1 N–H and O–H groups in total. The summed E-state index contributed by atoms with van der Waals surface area (Å²) in [5, 5.41) is 2.91. The Morgan fingerprint density at radius 2 is 2.07 bits per heavy atom. The van der Waals surface area contributed by atoms with Crippen LogP contribution in [0.25, 0.3) is 0 Å². The third-order valence-corrected chi connectivity index (χ3v) is 2.61. The molecule has 0 saturated carbocycles. The van der Waals surface area contributed by atoms with E-state index in [4.69, 9.17) is 4.74 Å². The second-order valence-electron chi connectivity index (χ2n) is 3.61. The second kappa shape index (κ2) is 5.71. The fraction of sp³-hybridized carbons (Fsp3) is 0.500. The lowest BCUT2D eigenvalue weighted by Gasteiger charge is -2.17. The number of ether oxygens (including phenoxy) is 1. The van der Waals surface area contributed by atoms with E-state index in [0.29, 0.717) is 6.42 Å². The maximum atomic E-state index is 13.7. The molecule has 15 heavy (non-hydrogen) atoms. The van der Waals surface area contributed by atoms with E-state index >= 15 is 0 Å². The van der Waals surface area contributed by atoms with Gasteiger partial charge in [-0.05, 0) is 25.6 Å². The van der Waals surface area contributed by atoms with Crippen LogP contribution in [-0.4, -0.2) is 26.4 Å². The molecule has 2 atom stereocenters. The Morgan fingerprint density at radius 3 is 2.67 bits per heavy atom. The first-order valence-electron chi connectivity index (χ1n) is 5.12. The molecule has 1 rings (SSSR count). The second-order valence-corrected chi connectivity index (χ2v) is 3.61. The van der Waals surface area contributed by atoms with Crippen molar-refractivity contribution in [2.45, 2.75) is 25.6 Å². The summed E-state index contributed by atoms with van der Waals surface area (Å²) in [5.41, 5.74) is 0.912. The average Bonchev–Trinajstić information content (AvgIpc) is 2.28. The van der Waals surface area contributed by atoms with Crippen LogP contribution in [0.1, 0.15) is 12.5 Å². The Kier molecular flexibility index (Phi) is 4.56. The quantitative estimate of drug-likeness (QED) is 0.806. The predicted octanol–water partition coefficient (Wildman–Crippen LogP) is 2.18. The van der Waals surface area contributed by atoms with Crippen molar-refractivity contribution in [2.24, 2.45) is 0 Å². The topological polar surface area (TPSA) is 21.3 Å². The number of hydrogen-bond acceptors (Lipinski definition) is 2. The highest BCUT2D eigenvalue weighted by atomic mass is 19.1. The molecule has 0 fully saturated rings. The predicted molar refractivity (Wildman–Crippen MR) is 60.1 cm³/mol. The number of nitrogens with one attached hydrogen (secondary N) is 1. The van der Waals surface area contributed by atoms with E-state index in [1.165, 1.54) is 0 Å². The van der Waals surface area contributed by atoms with Crippen LogP contribution in [0.15, 0.2) is 24.3 Å². The minimum absolute atomic E-state index is 0.144. The van der Waals surface area contributed by atoms with Gasteiger partial charge in [-0.3, -0.25) is 0 Å². The van der Waals surface area contributed by atoms with Crippen molar-refractivity contribution < 1.29 is 9.13 Å². The zero-order valence-corrected chi connectivity index (χ0v) is 9.46. The van der Waals surface area contributed by atoms with Crippen molar-refractivity contribution in [3.63, 3.8) is 0 Å². The highest BCUT2D eigenvalue weighted by Crippen LogP contribution is 2.20. The van der Waals surface area contributed by atoms with Gasteiger partial charge in [0.15, 0.2) is 0 Å². The van der Waals surface area contributed by atoms with Crippen molar-refractivity contribution in [1.82, 2.24) is 5.32 Å². The summed E-state index contributed by atoms with van der Waals surface area (Å²) >= 11 is 0. The van der Waals surface area contributed by atoms with Crippen molar-refractivity contribution in [1.29, 1.82) is 0 Å². The van der Waals surface area contributed by atoms with Gasteiger partial charge < -0.3 is 10.1 Å². The number of rotatable bonds is 5. The summed E-state index contributed by atoms with van der Waals surface area (Å²) in [7, 11) is 3.37. The number of methoxy groups -OCH3 is 1. The summed E-state index contributed by atoms with van der Waals surface area (Å²) in [6.07, 6.45) is -0.516. The van der Waals surface area contributed by atoms with Gasteiger partial charge in [-0.15, -0.1) is 0 Å². The lowest BCUT2D eigenvalue weighted by Crippen LogP contribution is -2.33. The van der Waals surface area contributed by atoms with Crippen LogP contribution in [0.5, 0.6) is 5.75 Å². The van der Waals surface area contributed by atoms with Gasteiger partial charge in [0.05, 0.1) is 7.11 Å². The largest absolute Gasteiger partial charge is 0.496 e. The minimum atomic E-state index is -0.897. The fourth-order valence-electron chi connectivity index (χ4n) is 1.44. The molecule has 1 aromatic carbocycles. The highest BCUT2D eigenvalue weighted by Gasteiger charge is 2.16. The van der Waals surface area contributed by atoms with Crippen molar-refractivity contribution in [3.8, 4) is 5.75 Å². The molecule has 2 unspecified atom stereocenters. The standard InChI is InChI=1S/C12H18FNO/c1-9(14-2)11(13)8-10-6-4-5-7-12(10)15-3/h4-7,9,11,14H,8H2,1-3H3. The van der Waals surface area contributed by atoms with E-state index < -0.39 is 6.17 Å². The maximum absolute atomic E-state index is 13.7. The number of halogens is 1. The summed E-state index contributed by atoms with van der Waals surface area (Å²) in [6, 6.07) is 7.39. The van der Waals surface area contributed by atoms with Gasteiger partial charge in [-0.2, -0.15) is 0 Å². The first kappa shape index (κ1) is 12.0. The van der Waals surface area contributed by atoms with Crippen LogP contribution in [0.4, 0.5) is 4.39 Å². The Bertz CT molecular complexity index is 303. The minimum Gasteiger partial charge on any atom is -0.496 e. The van der Waals surface area contributed by atoms with Gasteiger partial charge in [0.25, 0.3) is 0 Å². The molecular weight excluding hydrogens is 193 g/mol. The van der Waals surface area contributed by atoms with Crippen molar-refractivity contribution in [3.05, 3.63) is 29.8 Å². The first-order valence-corrected chi connectivity index (χ1v) is 5.12. The van der Waals surface area contributed by atoms with E-state index in [-0.39, 0.29) is 6.04 Å². The Morgan fingerprint density at radius 1 is 1.40 bits per heavy atom. The van der Waals surface area contributed by atoms with Gasteiger partial charge in [0, 0.05) is 12.5 Å². The molecule has 0 aliphatic rings. The van der Waals surface area contributed by atoms with Crippen LogP contribution < -0.4 is 10.1 Å². The van der Waals surface area contributed by atoms with Gasteiger partial charge in [0.1, 0.15) is 11.9 Å². The number of benzene rings is 1. The van der Waals surface area contributed by atoms with Gasteiger partial charge in [0.2, 0.25) is 0 Å². The normalized spacial score (nSPS) is 14.7. The Hall–Kier alpha value is -1.09. The zero-order chi connectivity index (χ0) is 11.3. The highest BCUT2D eigenvalue weighted by molar-refractivity contribution is 5.33. The summed E-state index contributed by atoms with van der Waals surface area (Å²) in [6.45, 7) is 1.83. The molecule has 3 heteroatoms. The molecule has 0 radical (unpaired) electrons. The molecule has 0 amide bonds. The van der Waals surface area contributed by atoms with E-state index in [1.54, 1.807) is 14.2 Å². The van der Waals surface area contributed by atoms with E-state index in [2.05, 4.69) is 5.32 Å². The first-order chi connectivity index (χ1) is 7.19. The molecule has 0 aliphatic heterocycles. The van der Waals surface area contributed by atoms with Crippen LogP contribution in [0.3, 0.4) is 0 Å². The van der Waals surface area contributed by atoms with Crippen LogP contribution in [0, 0.1) is 0 Å². The molecular formula is C12H18FNO. The smallest absolute Gasteiger partial charge is 0.122 e. The van der Waals surface area contributed by atoms with Crippen LogP contribution in [0.2, 0.25) is 0 Å². The Balaban J connectivity index is 2.71. The third-order valence-electron chi connectivity index (χ3n) is 2.61. The molecule has 0 saturated heterocycles. The summed E-state index contributed by atoms with van der Waals surface area (Å²) < 4.78 is 18.9. The molecule has 2 nitrogen and oxygen atoms in total. The number of alkyl halides is 1. The number of hydrogen-bond donors (Lipinski definition) is 1. The van der Waals surface area contributed by atoms with Crippen LogP contribution >= 0.6 is 0 Å². The van der Waals surface area contributed by atoms with E-state index in [0.717, 1.165) is 11.3 Å². The average molecular weight is 211 g/mol. The van der Waals surface area contributed by atoms with E-state index in [9.17, 15) is 4.39 Å². The molecule has 84 valence electrons. The molecule has 0 aromatic heterocycles. The van der Waals surface area contributed by atoms with Gasteiger partial charge in [-0.1, -0.05) is 18.2 Å². The third kappa shape index (κ3) is 3.20. The number of para-hydroxylation sites is 1. The molecule has 0 aliphatic carbocycles. The monoisotopic (exact) mass is 211 g/mol. The SMILES string of the molecule is CNC(C)C(F)Cc1ccccc1OC. The summed E-state index contributed by atoms with van der Waals surface area (Å²) in [4.78, 5) is 0. The maximum Gasteiger partial charge on any atom is 0.122 e. The lowest BCUT2D eigenvalue weighted by molar-refractivity contribution is 0.265. The fourth-order valence-corrected chi connectivity index (χ4v) is 1.44.